The van der Waals surface area contributed by atoms with Gasteiger partial charge in [0.1, 0.15) is 5.60 Å². The van der Waals surface area contributed by atoms with E-state index in [1.165, 1.54) is 0 Å². The third kappa shape index (κ3) is 2.08. The number of hydrogen-bond donors (Lipinski definition) is 0. The number of carbonyl (C=O) groups excluding carboxylic acids is 1. The van der Waals surface area contributed by atoms with Crippen molar-refractivity contribution in [3.05, 3.63) is 0 Å². The summed E-state index contributed by atoms with van der Waals surface area (Å²) in [5.41, 5.74) is -0.481. The first kappa shape index (κ1) is 11.5. The second-order valence-corrected chi connectivity index (χ2v) is 5.49. The van der Waals surface area contributed by atoms with Crippen LogP contribution in [0.15, 0.2) is 0 Å². The SMILES string of the molecule is COC1C(C(=O)OC(C)(C)C)C1(C)C. The zero-order valence-electron chi connectivity index (χ0n) is 9.88. The fourth-order valence-corrected chi connectivity index (χ4v) is 1.82. The summed E-state index contributed by atoms with van der Waals surface area (Å²) < 4.78 is 10.5. The first-order valence-corrected chi connectivity index (χ1v) is 4.96. The molecule has 0 N–H and O–H groups in total. The van der Waals surface area contributed by atoms with Gasteiger partial charge in [0.2, 0.25) is 0 Å². The van der Waals surface area contributed by atoms with Crippen molar-refractivity contribution < 1.29 is 14.3 Å². The summed E-state index contributed by atoms with van der Waals surface area (Å²) >= 11 is 0. The molecule has 0 heterocycles. The molecule has 0 aromatic carbocycles. The molecule has 2 atom stereocenters. The second kappa shape index (κ2) is 3.23. The molecule has 0 radical (unpaired) electrons. The Labute approximate surface area is 85.8 Å². The fraction of sp³-hybridized carbons (Fsp3) is 0.909. The number of rotatable bonds is 2. The lowest BCUT2D eigenvalue weighted by Crippen LogP contribution is -2.26. The summed E-state index contributed by atoms with van der Waals surface area (Å²) in [4.78, 5) is 11.7. The molecule has 2 unspecified atom stereocenters. The van der Waals surface area contributed by atoms with E-state index < -0.39 is 5.60 Å². The lowest BCUT2D eigenvalue weighted by atomic mass is 10.1. The lowest BCUT2D eigenvalue weighted by molar-refractivity contribution is -0.158. The summed E-state index contributed by atoms with van der Waals surface area (Å²) in [7, 11) is 1.64. The van der Waals surface area contributed by atoms with Crippen LogP contribution in [0.1, 0.15) is 34.6 Å². The van der Waals surface area contributed by atoms with Gasteiger partial charge in [-0.2, -0.15) is 0 Å². The van der Waals surface area contributed by atoms with E-state index in [0.717, 1.165) is 0 Å². The van der Waals surface area contributed by atoms with Gasteiger partial charge in [0.15, 0.2) is 0 Å². The van der Waals surface area contributed by atoms with Crippen LogP contribution < -0.4 is 0 Å². The zero-order chi connectivity index (χ0) is 11.1. The van der Waals surface area contributed by atoms with Crippen molar-refractivity contribution >= 4 is 5.97 Å². The van der Waals surface area contributed by atoms with Crippen molar-refractivity contribution in [2.45, 2.75) is 46.3 Å². The van der Waals surface area contributed by atoms with Gasteiger partial charge in [0.05, 0.1) is 12.0 Å². The Morgan fingerprint density at radius 1 is 1.29 bits per heavy atom. The van der Waals surface area contributed by atoms with Crippen LogP contribution in [-0.4, -0.2) is 24.8 Å². The molecule has 0 aliphatic heterocycles. The van der Waals surface area contributed by atoms with Gasteiger partial charge in [0, 0.05) is 12.5 Å². The van der Waals surface area contributed by atoms with Gasteiger partial charge in [-0.25, -0.2) is 0 Å². The zero-order valence-corrected chi connectivity index (χ0v) is 9.88. The third-order valence-corrected chi connectivity index (χ3v) is 2.64. The molecule has 0 aromatic heterocycles. The molecule has 82 valence electrons. The first-order chi connectivity index (χ1) is 6.20. The van der Waals surface area contributed by atoms with Gasteiger partial charge < -0.3 is 9.47 Å². The van der Waals surface area contributed by atoms with Crippen molar-refractivity contribution in [1.82, 2.24) is 0 Å². The molecular formula is C11H20O3. The normalized spacial score (nSPS) is 29.9. The average Bonchev–Trinajstić information content (AvgIpc) is 2.48. The van der Waals surface area contributed by atoms with Crippen LogP contribution in [-0.2, 0) is 14.3 Å². The van der Waals surface area contributed by atoms with Crippen LogP contribution in [0.2, 0.25) is 0 Å². The van der Waals surface area contributed by atoms with Crippen LogP contribution in [0.3, 0.4) is 0 Å². The van der Waals surface area contributed by atoms with E-state index in [1.54, 1.807) is 7.11 Å². The molecule has 0 saturated heterocycles. The molecule has 3 nitrogen and oxygen atoms in total. The molecule has 1 rings (SSSR count). The summed E-state index contributed by atoms with van der Waals surface area (Å²) in [6.07, 6.45) is 0.0114. The molecular weight excluding hydrogens is 180 g/mol. The smallest absolute Gasteiger partial charge is 0.312 e. The molecule has 3 heteroatoms. The maximum Gasteiger partial charge on any atom is 0.312 e. The summed E-state index contributed by atoms with van der Waals surface area (Å²) in [5.74, 6) is -0.249. The number of carbonyl (C=O) groups is 1. The van der Waals surface area contributed by atoms with Crippen LogP contribution in [0.5, 0.6) is 0 Å². The van der Waals surface area contributed by atoms with E-state index in [1.807, 2.05) is 34.6 Å². The van der Waals surface area contributed by atoms with Gasteiger partial charge in [-0.15, -0.1) is 0 Å². The molecule has 1 aliphatic carbocycles. The second-order valence-electron chi connectivity index (χ2n) is 5.49. The van der Waals surface area contributed by atoms with Crippen molar-refractivity contribution in [2.24, 2.45) is 11.3 Å². The number of ether oxygens (including phenoxy) is 2. The Balaban J connectivity index is 2.57. The van der Waals surface area contributed by atoms with Crippen molar-refractivity contribution in [1.29, 1.82) is 0 Å². The topological polar surface area (TPSA) is 35.5 Å². The molecule has 14 heavy (non-hydrogen) atoms. The highest BCUT2D eigenvalue weighted by atomic mass is 16.6. The summed E-state index contributed by atoms with van der Waals surface area (Å²) in [5, 5.41) is 0. The van der Waals surface area contributed by atoms with Crippen molar-refractivity contribution in [3.63, 3.8) is 0 Å². The monoisotopic (exact) mass is 200 g/mol. The highest BCUT2D eigenvalue weighted by Gasteiger charge is 2.64. The van der Waals surface area contributed by atoms with Crippen LogP contribution in [0, 0.1) is 11.3 Å². The first-order valence-electron chi connectivity index (χ1n) is 4.96. The van der Waals surface area contributed by atoms with Crippen molar-refractivity contribution in [3.8, 4) is 0 Å². The quantitative estimate of drug-likeness (QED) is 0.639. The van der Waals surface area contributed by atoms with Gasteiger partial charge >= 0.3 is 5.97 Å². The predicted molar refractivity (Wildman–Crippen MR) is 53.9 cm³/mol. The maximum atomic E-state index is 11.7. The van der Waals surface area contributed by atoms with Crippen LogP contribution in [0.25, 0.3) is 0 Å². The van der Waals surface area contributed by atoms with E-state index in [9.17, 15) is 4.79 Å². The van der Waals surface area contributed by atoms with Crippen LogP contribution in [0.4, 0.5) is 0 Å². The van der Waals surface area contributed by atoms with E-state index in [4.69, 9.17) is 9.47 Å². The molecule has 0 bridgehead atoms. The van der Waals surface area contributed by atoms with Gasteiger partial charge in [-0.05, 0) is 20.8 Å². The van der Waals surface area contributed by atoms with E-state index in [2.05, 4.69) is 0 Å². The summed E-state index contributed by atoms with van der Waals surface area (Å²) in [6, 6.07) is 0. The molecule has 0 aromatic rings. The Bertz CT molecular complexity index is 237. The van der Waals surface area contributed by atoms with Gasteiger partial charge in [0.25, 0.3) is 0 Å². The Morgan fingerprint density at radius 3 is 2.07 bits per heavy atom. The van der Waals surface area contributed by atoms with Gasteiger partial charge in [-0.1, -0.05) is 13.8 Å². The number of methoxy groups -OCH3 is 1. The maximum absolute atomic E-state index is 11.7. The third-order valence-electron chi connectivity index (χ3n) is 2.64. The molecule has 1 aliphatic rings. The predicted octanol–water partition coefficient (Wildman–Crippen LogP) is 2.00. The molecule has 0 amide bonds. The minimum absolute atomic E-state index is 0.0114. The number of esters is 1. The lowest BCUT2D eigenvalue weighted by Gasteiger charge is -2.19. The van der Waals surface area contributed by atoms with Gasteiger partial charge in [-0.3, -0.25) is 4.79 Å². The molecule has 1 fully saturated rings. The Kier molecular flexibility index (Phi) is 2.65. The highest BCUT2D eigenvalue weighted by molar-refractivity contribution is 5.78. The average molecular weight is 200 g/mol. The molecule has 0 spiro atoms. The minimum atomic E-state index is -0.409. The Hall–Kier alpha value is -0.570. The molecule has 1 saturated carbocycles. The Morgan fingerprint density at radius 2 is 1.79 bits per heavy atom. The van der Waals surface area contributed by atoms with E-state index in [-0.39, 0.29) is 23.4 Å². The van der Waals surface area contributed by atoms with Crippen LogP contribution >= 0.6 is 0 Å². The highest BCUT2D eigenvalue weighted by Crippen LogP contribution is 2.54. The fourth-order valence-electron chi connectivity index (χ4n) is 1.82. The van der Waals surface area contributed by atoms with Crippen molar-refractivity contribution in [2.75, 3.05) is 7.11 Å². The van der Waals surface area contributed by atoms with E-state index in [0.29, 0.717) is 0 Å². The standard InChI is InChI=1S/C11H20O3/c1-10(2,3)14-9(12)7-8(13-6)11(7,4)5/h7-8H,1-6H3. The number of hydrogen-bond acceptors (Lipinski definition) is 3. The van der Waals surface area contributed by atoms with E-state index >= 15 is 0 Å². The minimum Gasteiger partial charge on any atom is -0.460 e. The summed E-state index contributed by atoms with van der Waals surface area (Å²) in [6.45, 7) is 9.68. The largest absolute Gasteiger partial charge is 0.460 e.